The predicted octanol–water partition coefficient (Wildman–Crippen LogP) is -0.327. The van der Waals surface area contributed by atoms with Gasteiger partial charge in [0.05, 0.1) is 20.8 Å². The molecule has 1 aromatic rings. The van der Waals surface area contributed by atoms with Crippen molar-refractivity contribution < 1.29 is 23.8 Å². The van der Waals surface area contributed by atoms with Gasteiger partial charge in [-0.2, -0.15) is 4.98 Å². The van der Waals surface area contributed by atoms with Crippen LogP contribution in [-0.4, -0.2) is 37.7 Å². The molecule has 0 saturated heterocycles. The predicted molar refractivity (Wildman–Crippen MR) is 60.6 cm³/mol. The summed E-state index contributed by atoms with van der Waals surface area (Å²) < 4.78 is 14.6. The minimum atomic E-state index is -0.996. The van der Waals surface area contributed by atoms with E-state index in [1.165, 1.54) is 26.4 Å². The summed E-state index contributed by atoms with van der Waals surface area (Å²) in [5.74, 6) is -0.309. The SMILES string of the molecule is COc1ccc(OC)c(OC(=O)NC(=O)CN)n1. The van der Waals surface area contributed by atoms with Crippen LogP contribution in [0, 0.1) is 0 Å². The van der Waals surface area contributed by atoms with Crippen molar-refractivity contribution in [2.75, 3.05) is 20.8 Å². The molecule has 0 saturated carbocycles. The summed E-state index contributed by atoms with van der Waals surface area (Å²) in [4.78, 5) is 26.0. The number of pyridine rings is 1. The van der Waals surface area contributed by atoms with Gasteiger partial charge in [-0.15, -0.1) is 0 Å². The van der Waals surface area contributed by atoms with Gasteiger partial charge in [-0.05, 0) is 6.07 Å². The molecule has 18 heavy (non-hydrogen) atoms. The van der Waals surface area contributed by atoms with Gasteiger partial charge in [0.2, 0.25) is 11.8 Å². The average Bonchev–Trinajstić information content (AvgIpc) is 2.38. The molecule has 2 amide bonds. The van der Waals surface area contributed by atoms with Crippen molar-refractivity contribution >= 4 is 12.0 Å². The molecule has 0 aliphatic heterocycles. The number of rotatable bonds is 4. The molecular weight excluding hydrogens is 242 g/mol. The molecule has 8 nitrogen and oxygen atoms in total. The third-order valence-corrected chi connectivity index (χ3v) is 1.85. The van der Waals surface area contributed by atoms with E-state index in [0.29, 0.717) is 0 Å². The molecule has 0 aromatic carbocycles. The van der Waals surface area contributed by atoms with Gasteiger partial charge in [0.15, 0.2) is 5.75 Å². The largest absolute Gasteiger partial charge is 0.491 e. The van der Waals surface area contributed by atoms with E-state index >= 15 is 0 Å². The molecule has 0 bridgehead atoms. The first-order valence-corrected chi connectivity index (χ1v) is 4.91. The van der Waals surface area contributed by atoms with Crippen LogP contribution in [0.3, 0.4) is 0 Å². The average molecular weight is 255 g/mol. The standard InChI is InChI=1S/C10H13N3O5/c1-16-6-3-4-8(17-2)13-9(6)18-10(15)12-7(14)5-11/h3-4H,5,11H2,1-2H3,(H,12,14,15). The molecule has 0 unspecified atom stereocenters. The maximum absolute atomic E-state index is 11.3. The van der Waals surface area contributed by atoms with Gasteiger partial charge in [0, 0.05) is 6.07 Å². The highest BCUT2D eigenvalue weighted by Gasteiger charge is 2.14. The first kappa shape index (κ1) is 13.7. The molecule has 3 N–H and O–H groups in total. The number of amides is 2. The number of carbonyl (C=O) groups is 2. The minimum absolute atomic E-state index is 0.112. The quantitative estimate of drug-likeness (QED) is 0.757. The van der Waals surface area contributed by atoms with Gasteiger partial charge in [0.25, 0.3) is 5.88 Å². The second-order valence-corrected chi connectivity index (χ2v) is 3.00. The van der Waals surface area contributed by atoms with Crippen LogP contribution < -0.4 is 25.3 Å². The normalized spacial score (nSPS) is 9.50. The van der Waals surface area contributed by atoms with Crippen LogP contribution in [0.25, 0.3) is 0 Å². The monoisotopic (exact) mass is 255 g/mol. The van der Waals surface area contributed by atoms with Crippen molar-refractivity contribution in [2.45, 2.75) is 0 Å². The van der Waals surface area contributed by atoms with Gasteiger partial charge in [0.1, 0.15) is 0 Å². The van der Waals surface area contributed by atoms with Gasteiger partial charge in [-0.1, -0.05) is 0 Å². The van der Waals surface area contributed by atoms with Crippen LogP contribution in [0.2, 0.25) is 0 Å². The minimum Gasteiger partial charge on any atom is -0.491 e. The Morgan fingerprint density at radius 1 is 1.33 bits per heavy atom. The lowest BCUT2D eigenvalue weighted by molar-refractivity contribution is -0.118. The second-order valence-electron chi connectivity index (χ2n) is 3.00. The maximum atomic E-state index is 11.3. The van der Waals surface area contributed by atoms with E-state index in [9.17, 15) is 9.59 Å². The van der Waals surface area contributed by atoms with Crippen molar-refractivity contribution in [1.82, 2.24) is 10.3 Å². The lowest BCUT2D eigenvalue weighted by Gasteiger charge is -2.09. The Hall–Kier alpha value is -2.35. The van der Waals surface area contributed by atoms with E-state index in [4.69, 9.17) is 19.9 Å². The van der Waals surface area contributed by atoms with Crippen molar-refractivity contribution in [2.24, 2.45) is 5.73 Å². The van der Waals surface area contributed by atoms with Crippen LogP contribution in [0.4, 0.5) is 4.79 Å². The zero-order chi connectivity index (χ0) is 13.5. The van der Waals surface area contributed by atoms with Crippen LogP contribution in [-0.2, 0) is 4.79 Å². The lowest BCUT2D eigenvalue weighted by atomic mass is 10.4. The van der Waals surface area contributed by atoms with E-state index in [1.54, 1.807) is 0 Å². The molecule has 0 atom stereocenters. The summed E-state index contributed by atoms with van der Waals surface area (Å²) in [6.45, 7) is -0.322. The summed E-state index contributed by atoms with van der Waals surface area (Å²) in [5.41, 5.74) is 5.04. The number of carbonyl (C=O) groups excluding carboxylic acids is 2. The Morgan fingerprint density at radius 3 is 2.61 bits per heavy atom. The molecule has 0 spiro atoms. The third kappa shape index (κ3) is 3.59. The Bertz CT molecular complexity index is 449. The zero-order valence-corrected chi connectivity index (χ0v) is 9.93. The van der Waals surface area contributed by atoms with E-state index in [0.717, 1.165) is 0 Å². The fourth-order valence-electron chi connectivity index (χ4n) is 1.03. The van der Waals surface area contributed by atoms with Gasteiger partial charge in [-0.25, -0.2) is 4.79 Å². The molecule has 0 radical (unpaired) electrons. The number of ether oxygens (including phenoxy) is 3. The molecule has 1 rings (SSSR count). The fraction of sp³-hybridized carbons (Fsp3) is 0.300. The highest BCUT2D eigenvalue weighted by molar-refractivity contribution is 5.93. The summed E-state index contributed by atoms with van der Waals surface area (Å²) in [6.07, 6.45) is -0.996. The topological polar surface area (TPSA) is 113 Å². The van der Waals surface area contributed by atoms with Crippen molar-refractivity contribution in [3.63, 3.8) is 0 Å². The Morgan fingerprint density at radius 2 is 2.06 bits per heavy atom. The van der Waals surface area contributed by atoms with Crippen molar-refractivity contribution in [1.29, 1.82) is 0 Å². The molecule has 8 heteroatoms. The smallest absolute Gasteiger partial charge is 0.420 e. The van der Waals surface area contributed by atoms with Crippen molar-refractivity contribution in [3.8, 4) is 17.5 Å². The Kier molecular flexibility index (Phi) is 4.88. The third-order valence-electron chi connectivity index (χ3n) is 1.85. The van der Waals surface area contributed by atoms with E-state index in [1.807, 2.05) is 5.32 Å². The van der Waals surface area contributed by atoms with Crippen LogP contribution in [0.5, 0.6) is 17.5 Å². The summed E-state index contributed by atoms with van der Waals surface area (Å²) >= 11 is 0. The molecule has 1 heterocycles. The molecule has 98 valence electrons. The molecular formula is C10H13N3O5. The number of nitrogens with two attached hydrogens (primary N) is 1. The number of hydrogen-bond acceptors (Lipinski definition) is 7. The van der Waals surface area contributed by atoms with Gasteiger partial charge >= 0.3 is 6.09 Å². The lowest BCUT2D eigenvalue weighted by Crippen LogP contribution is -2.37. The number of nitrogens with zero attached hydrogens (tertiary/aromatic N) is 1. The van der Waals surface area contributed by atoms with Crippen LogP contribution >= 0.6 is 0 Å². The van der Waals surface area contributed by atoms with E-state index in [2.05, 4.69) is 4.98 Å². The summed E-state index contributed by atoms with van der Waals surface area (Å²) in [6, 6.07) is 3.05. The maximum Gasteiger partial charge on any atom is 0.420 e. The van der Waals surface area contributed by atoms with Crippen molar-refractivity contribution in [3.05, 3.63) is 12.1 Å². The first-order chi connectivity index (χ1) is 8.60. The molecule has 1 aromatic heterocycles. The number of imide groups is 1. The summed E-state index contributed by atoms with van der Waals surface area (Å²) in [7, 11) is 2.80. The van der Waals surface area contributed by atoms with Gasteiger partial charge < -0.3 is 19.9 Å². The highest BCUT2D eigenvalue weighted by atomic mass is 16.6. The second kappa shape index (κ2) is 6.40. The Labute approximate surface area is 103 Å². The Balaban J connectivity index is 2.81. The number of methoxy groups -OCH3 is 2. The number of hydrogen-bond donors (Lipinski definition) is 2. The zero-order valence-electron chi connectivity index (χ0n) is 9.93. The molecule has 0 aliphatic carbocycles. The van der Waals surface area contributed by atoms with Crippen LogP contribution in [0.15, 0.2) is 12.1 Å². The first-order valence-electron chi connectivity index (χ1n) is 4.91. The van der Waals surface area contributed by atoms with E-state index in [-0.39, 0.29) is 24.1 Å². The molecule has 0 fully saturated rings. The summed E-state index contributed by atoms with van der Waals surface area (Å²) in [5, 5.41) is 1.91. The molecule has 0 aliphatic rings. The number of nitrogens with one attached hydrogen (secondary N) is 1. The van der Waals surface area contributed by atoms with Gasteiger partial charge in [-0.3, -0.25) is 10.1 Å². The fourth-order valence-corrected chi connectivity index (χ4v) is 1.03. The van der Waals surface area contributed by atoms with E-state index < -0.39 is 12.0 Å². The highest BCUT2D eigenvalue weighted by Crippen LogP contribution is 2.26. The van der Waals surface area contributed by atoms with Crippen LogP contribution in [0.1, 0.15) is 0 Å². The number of aromatic nitrogens is 1.